The number of hydrogen-bond donors (Lipinski definition) is 2. The van der Waals surface area contributed by atoms with Crippen molar-refractivity contribution >= 4 is 23.9 Å². The fourth-order valence-corrected chi connectivity index (χ4v) is 3.19. The second-order valence-electron chi connectivity index (χ2n) is 7.02. The molecule has 0 spiro atoms. The number of aromatic carboxylic acids is 1. The van der Waals surface area contributed by atoms with Crippen LogP contribution < -0.4 is 5.32 Å². The van der Waals surface area contributed by atoms with Crippen molar-refractivity contribution in [1.29, 1.82) is 0 Å². The van der Waals surface area contributed by atoms with Crippen molar-refractivity contribution in [2.45, 2.75) is 19.1 Å². The van der Waals surface area contributed by atoms with Gasteiger partial charge in [-0.15, -0.1) is 0 Å². The molecule has 0 fully saturated rings. The standard InChI is InChI=1S/C22H19F3N2O4/c23-22(24,25)18-6-1-14(2-7-18)3-8-19(28)26-12-20(29)27-10-9-15-11-16(21(30)31)4-5-17(15)13-27/h1-8,11H,9-10,12-13H2,(H,26,28)(H,30,31)/b8-3+. The summed E-state index contributed by atoms with van der Waals surface area (Å²) in [7, 11) is 0. The number of amides is 2. The zero-order valence-electron chi connectivity index (χ0n) is 16.3. The smallest absolute Gasteiger partial charge is 0.416 e. The van der Waals surface area contributed by atoms with Gasteiger partial charge < -0.3 is 15.3 Å². The molecule has 0 aromatic heterocycles. The van der Waals surface area contributed by atoms with Gasteiger partial charge in [-0.2, -0.15) is 13.2 Å². The number of carboxylic acid groups (broad SMARTS) is 1. The van der Waals surface area contributed by atoms with Gasteiger partial charge in [0.25, 0.3) is 0 Å². The van der Waals surface area contributed by atoms with Crippen molar-refractivity contribution in [2.75, 3.05) is 13.1 Å². The molecule has 0 saturated carbocycles. The quantitative estimate of drug-likeness (QED) is 0.711. The third kappa shape index (κ3) is 5.71. The maximum Gasteiger partial charge on any atom is 0.416 e. The third-order valence-corrected chi connectivity index (χ3v) is 4.90. The van der Waals surface area contributed by atoms with E-state index in [-0.39, 0.29) is 18.0 Å². The molecule has 0 aliphatic carbocycles. The lowest BCUT2D eigenvalue weighted by atomic mass is 9.97. The van der Waals surface area contributed by atoms with Crippen molar-refractivity contribution in [3.05, 3.63) is 76.4 Å². The first-order valence-electron chi connectivity index (χ1n) is 9.39. The van der Waals surface area contributed by atoms with Gasteiger partial charge in [0.15, 0.2) is 0 Å². The van der Waals surface area contributed by atoms with Gasteiger partial charge in [0.1, 0.15) is 0 Å². The van der Waals surface area contributed by atoms with Crippen LogP contribution in [0.1, 0.15) is 32.6 Å². The predicted molar refractivity (Wildman–Crippen MR) is 106 cm³/mol. The number of benzene rings is 2. The maximum absolute atomic E-state index is 12.6. The normalized spacial score (nSPS) is 13.7. The molecular formula is C22H19F3N2O4. The molecule has 1 heterocycles. The molecule has 162 valence electrons. The number of fused-ring (bicyclic) bond motifs is 1. The molecule has 0 saturated heterocycles. The van der Waals surface area contributed by atoms with Crippen LogP contribution in [0, 0.1) is 0 Å². The van der Waals surface area contributed by atoms with Crippen LogP contribution in [0.4, 0.5) is 13.2 Å². The Balaban J connectivity index is 1.51. The molecule has 0 atom stereocenters. The summed E-state index contributed by atoms with van der Waals surface area (Å²) in [6.07, 6.45) is -1.40. The van der Waals surface area contributed by atoms with Crippen LogP contribution >= 0.6 is 0 Å². The molecule has 1 aliphatic rings. The first-order chi connectivity index (χ1) is 14.6. The molecule has 3 rings (SSSR count). The van der Waals surface area contributed by atoms with E-state index in [2.05, 4.69) is 5.32 Å². The van der Waals surface area contributed by atoms with Gasteiger partial charge in [0.2, 0.25) is 11.8 Å². The predicted octanol–water partition coefficient (Wildman–Crippen LogP) is 3.12. The summed E-state index contributed by atoms with van der Waals surface area (Å²) < 4.78 is 37.7. The Bertz CT molecular complexity index is 1030. The summed E-state index contributed by atoms with van der Waals surface area (Å²) in [5, 5.41) is 11.5. The highest BCUT2D eigenvalue weighted by atomic mass is 19.4. The van der Waals surface area contributed by atoms with Crippen molar-refractivity contribution in [1.82, 2.24) is 10.2 Å². The van der Waals surface area contributed by atoms with E-state index in [1.165, 1.54) is 24.3 Å². The van der Waals surface area contributed by atoms with Crippen molar-refractivity contribution < 1.29 is 32.7 Å². The third-order valence-electron chi connectivity index (χ3n) is 4.90. The number of hydrogen-bond acceptors (Lipinski definition) is 3. The minimum absolute atomic E-state index is 0.200. The van der Waals surface area contributed by atoms with Gasteiger partial charge in [-0.25, -0.2) is 4.79 Å². The van der Waals surface area contributed by atoms with E-state index in [9.17, 15) is 27.6 Å². The van der Waals surface area contributed by atoms with Crippen molar-refractivity contribution in [3.63, 3.8) is 0 Å². The highest BCUT2D eigenvalue weighted by Gasteiger charge is 2.29. The molecule has 0 bridgehead atoms. The first-order valence-corrected chi connectivity index (χ1v) is 9.39. The number of alkyl halides is 3. The van der Waals surface area contributed by atoms with Crippen LogP contribution in [0.2, 0.25) is 0 Å². The Morgan fingerprint density at radius 2 is 1.77 bits per heavy atom. The van der Waals surface area contributed by atoms with Crippen LogP contribution in [0.3, 0.4) is 0 Å². The number of nitrogens with zero attached hydrogens (tertiary/aromatic N) is 1. The van der Waals surface area contributed by atoms with Crippen LogP contribution in [-0.2, 0) is 28.7 Å². The number of carbonyl (C=O) groups is 3. The van der Waals surface area contributed by atoms with E-state index < -0.39 is 23.6 Å². The number of halogens is 3. The van der Waals surface area contributed by atoms with Gasteiger partial charge in [-0.3, -0.25) is 9.59 Å². The summed E-state index contributed by atoms with van der Waals surface area (Å²) in [5.74, 6) is -1.84. The second kappa shape index (κ2) is 9.03. The molecule has 0 radical (unpaired) electrons. The van der Waals surface area contributed by atoms with E-state index in [0.717, 1.165) is 29.3 Å². The summed E-state index contributed by atoms with van der Waals surface area (Å²) in [5.41, 5.74) is 1.58. The molecule has 2 aromatic rings. The minimum Gasteiger partial charge on any atom is -0.478 e. The van der Waals surface area contributed by atoms with E-state index in [4.69, 9.17) is 5.11 Å². The van der Waals surface area contributed by atoms with Crippen molar-refractivity contribution in [2.24, 2.45) is 0 Å². The van der Waals surface area contributed by atoms with Crippen LogP contribution in [-0.4, -0.2) is 40.9 Å². The number of rotatable bonds is 5. The van der Waals surface area contributed by atoms with E-state index in [1.54, 1.807) is 17.0 Å². The second-order valence-corrected chi connectivity index (χ2v) is 7.02. The summed E-state index contributed by atoms with van der Waals surface area (Å²) in [4.78, 5) is 36.9. The van der Waals surface area contributed by atoms with Gasteiger partial charge in [0.05, 0.1) is 17.7 Å². The summed E-state index contributed by atoms with van der Waals surface area (Å²) in [6, 6.07) is 9.13. The Morgan fingerprint density at radius 1 is 1.06 bits per heavy atom. The molecule has 2 N–H and O–H groups in total. The largest absolute Gasteiger partial charge is 0.478 e. The minimum atomic E-state index is -4.42. The molecule has 9 heteroatoms. The van der Waals surface area contributed by atoms with Gasteiger partial charge in [0, 0.05) is 19.2 Å². The van der Waals surface area contributed by atoms with Crippen LogP contribution in [0.25, 0.3) is 6.08 Å². The first kappa shape index (κ1) is 22.1. The zero-order chi connectivity index (χ0) is 22.6. The molecule has 2 aromatic carbocycles. The fourth-order valence-electron chi connectivity index (χ4n) is 3.19. The Hall–Kier alpha value is -3.62. The number of carboxylic acids is 1. The van der Waals surface area contributed by atoms with Gasteiger partial charge in [-0.1, -0.05) is 18.2 Å². The molecular weight excluding hydrogens is 413 g/mol. The lowest BCUT2D eigenvalue weighted by Gasteiger charge is -2.29. The molecule has 6 nitrogen and oxygen atoms in total. The SMILES string of the molecule is O=C(/C=C/c1ccc(C(F)(F)F)cc1)NCC(=O)N1CCc2cc(C(=O)O)ccc2C1. The van der Waals surface area contributed by atoms with Crippen LogP contribution in [0.5, 0.6) is 0 Å². The highest BCUT2D eigenvalue weighted by Crippen LogP contribution is 2.29. The Kier molecular flexibility index (Phi) is 6.43. The average Bonchev–Trinajstić information content (AvgIpc) is 2.74. The molecule has 0 unspecified atom stereocenters. The van der Waals surface area contributed by atoms with Crippen LogP contribution in [0.15, 0.2) is 48.5 Å². The van der Waals surface area contributed by atoms with Gasteiger partial charge >= 0.3 is 12.1 Å². The van der Waals surface area contributed by atoms with E-state index in [0.29, 0.717) is 25.1 Å². The zero-order valence-corrected chi connectivity index (χ0v) is 16.3. The topological polar surface area (TPSA) is 86.7 Å². The van der Waals surface area contributed by atoms with Gasteiger partial charge in [-0.05, 0) is 53.5 Å². The Labute approximate surface area is 176 Å². The molecule has 1 aliphatic heterocycles. The Morgan fingerprint density at radius 3 is 2.42 bits per heavy atom. The van der Waals surface area contributed by atoms with Crippen molar-refractivity contribution in [3.8, 4) is 0 Å². The average molecular weight is 432 g/mol. The monoisotopic (exact) mass is 432 g/mol. The maximum atomic E-state index is 12.6. The highest BCUT2D eigenvalue weighted by molar-refractivity contribution is 5.94. The molecule has 2 amide bonds. The molecule has 31 heavy (non-hydrogen) atoms. The number of carbonyl (C=O) groups excluding carboxylic acids is 2. The summed E-state index contributed by atoms with van der Waals surface area (Å²) in [6.45, 7) is 0.510. The lowest BCUT2D eigenvalue weighted by molar-refractivity contribution is -0.137. The fraction of sp³-hybridized carbons (Fsp3) is 0.227. The van der Waals surface area contributed by atoms with E-state index >= 15 is 0 Å². The van der Waals surface area contributed by atoms with E-state index in [1.807, 2.05) is 0 Å². The lowest BCUT2D eigenvalue weighted by Crippen LogP contribution is -2.42. The summed E-state index contributed by atoms with van der Waals surface area (Å²) >= 11 is 0. The number of nitrogens with one attached hydrogen (secondary N) is 1.